The van der Waals surface area contributed by atoms with Crippen molar-refractivity contribution in [2.24, 2.45) is 0 Å². The predicted octanol–water partition coefficient (Wildman–Crippen LogP) is 4.42. The molecule has 3 aromatic carbocycles. The third-order valence-corrected chi connectivity index (χ3v) is 7.21. The molecule has 2 unspecified atom stereocenters. The molecule has 0 spiro atoms. The van der Waals surface area contributed by atoms with Crippen LogP contribution >= 0.6 is 0 Å². The van der Waals surface area contributed by atoms with E-state index in [1.807, 2.05) is 35.2 Å². The van der Waals surface area contributed by atoms with Gasteiger partial charge in [0.25, 0.3) is 5.91 Å². The van der Waals surface area contributed by atoms with E-state index >= 15 is 0 Å². The maximum absolute atomic E-state index is 13.9. The molecule has 6 heteroatoms. The molecule has 2 heterocycles. The maximum atomic E-state index is 13.9. The highest BCUT2D eigenvalue weighted by Gasteiger charge is 2.46. The number of carbonyl (C=O) groups is 2. The van der Waals surface area contributed by atoms with Gasteiger partial charge in [0.1, 0.15) is 0 Å². The minimum Gasteiger partial charge on any atom is -0.493 e. The van der Waals surface area contributed by atoms with Crippen molar-refractivity contribution < 1.29 is 19.1 Å². The Labute approximate surface area is 205 Å². The summed E-state index contributed by atoms with van der Waals surface area (Å²) in [4.78, 5) is 29.3. The SMILES string of the molecule is CCc1ccc(CNC(=O)C2c3cc(OC)c(OC)cc3C(=O)N3CCc4ccccc4C23)cc1. The molecule has 5 rings (SSSR count). The van der Waals surface area contributed by atoms with Gasteiger partial charge in [-0.15, -0.1) is 0 Å². The van der Waals surface area contributed by atoms with E-state index in [9.17, 15) is 9.59 Å². The van der Waals surface area contributed by atoms with Gasteiger partial charge in [-0.05, 0) is 52.8 Å². The van der Waals surface area contributed by atoms with E-state index in [-0.39, 0.29) is 17.9 Å². The fourth-order valence-corrected chi connectivity index (χ4v) is 5.32. The van der Waals surface area contributed by atoms with Gasteiger partial charge >= 0.3 is 0 Å². The lowest BCUT2D eigenvalue weighted by atomic mass is 9.75. The van der Waals surface area contributed by atoms with Gasteiger partial charge in [0.2, 0.25) is 5.91 Å². The third kappa shape index (κ3) is 4.03. The van der Waals surface area contributed by atoms with Gasteiger partial charge in [-0.2, -0.15) is 0 Å². The largest absolute Gasteiger partial charge is 0.493 e. The number of aryl methyl sites for hydroxylation is 1. The van der Waals surface area contributed by atoms with Crippen LogP contribution in [0, 0.1) is 0 Å². The number of ether oxygens (including phenoxy) is 2. The number of nitrogens with zero attached hydrogens (tertiary/aromatic N) is 1. The normalized spacial score (nSPS) is 18.3. The average Bonchev–Trinajstić information content (AvgIpc) is 2.91. The van der Waals surface area contributed by atoms with Crippen LogP contribution in [-0.2, 0) is 24.2 Å². The molecule has 1 N–H and O–H groups in total. The second kappa shape index (κ2) is 9.45. The molecule has 0 radical (unpaired) electrons. The van der Waals surface area contributed by atoms with Gasteiger partial charge in [-0.1, -0.05) is 55.5 Å². The highest BCUT2D eigenvalue weighted by Crippen LogP contribution is 2.48. The summed E-state index contributed by atoms with van der Waals surface area (Å²) in [7, 11) is 3.11. The smallest absolute Gasteiger partial charge is 0.254 e. The second-order valence-corrected chi connectivity index (χ2v) is 9.05. The van der Waals surface area contributed by atoms with Crippen LogP contribution in [0.3, 0.4) is 0 Å². The third-order valence-electron chi connectivity index (χ3n) is 7.21. The molecule has 2 atom stereocenters. The highest BCUT2D eigenvalue weighted by atomic mass is 16.5. The van der Waals surface area contributed by atoms with Gasteiger partial charge in [-0.3, -0.25) is 9.59 Å². The van der Waals surface area contributed by atoms with E-state index in [0.717, 1.165) is 24.0 Å². The predicted molar refractivity (Wildman–Crippen MR) is 134 cm³/mol. The Kier molecular flexibility index (Phi) is 6.20. The number of hydrogen-bond donors (Lipinski definition) is 1. The van der Waals surface area contributed by atoms with Crippen molar-refractivity contribution in [2.45, 2.75) is 38.3 Å². The van der Waals surface area contributed by atoms with Gasteiger partial charge in [0, 0.05) is 18.7 Å². The van der Waals surface area contributed by atoms with Crippen molar-refractivity contribution in [1.82, 2.24) is 10.2 Å². The molecule has 0 aliphatic carbocycles. The van der Waals surface area contributed by atoms with E-state index in [1.165, 1.54) is 11.1 Å². The summed E-state index contributed by atoms with van der Waals surface area (Å²) >= 11 is 0. The van der Waals surface area contributed by atoms with E-state index in [4.69, 9.17) is 9.47 Å². The standard InChI is InChI=1S/C29H30N2O4/c1-4-18-9-11-19(12-10-18)17-30-28(32)26-22-15-24(34-2)25(35-3)16-23(22)29(33)31-14-13-20-7-5-6-8-21(20)27(26)31/h5-12,15-16,26-27H,4,13-14,17H2,1-3H3,(H,30,32). The van der Waals surface area contributed by atoms with Gasteiger partial charge < -0.3 is 19.7 Å². The molecule has 0 aromatic heterocycles. The van der Waals surface area contributed by atoms with Crippen molar-refractivity contribution in [3.8, 4) is 11.5 Å². The first kappa shape index (κ1) is 23.0. The molecular formula is C29H30N2O4. The molecule has 0 saturated carbocycles. The quantitative estimate of drug-likeness (QED) is 0.579. The first-order valence-corrected chi connectivity index (χ1v) is 12.1. The minimum atomic E-state index is -0.570. The molecule has 3 aromatic rings. The maximum Gasteiger partial charge on any atom is 0.254 e. The van der Waals surface area contributed by atoms with Crippen molar-refractivity contribution >= 4 is 11.8 Å². The summed E-state index contributed by atoms with van der Waals surface area (Å²) < 4.78 is 11.0. The number of amides is 2. The lowest BCUT2D eigenvalue weighted by Gasteiger charge is -2.45. The lowest BCUT2D eigenvalue weighted by Crippen LogP contribution is -2.50. The number of fused-ring (bicyclic) bond motifs is 4. The molecule has 2 aliphatic heterocycles. The molecular weight excluding hydrogens is 440 g/mol. The number of nitrogens with one attached hydrogen (secondary N) is 1. The summed E-state index contributed by atoms with van der Waals surface area (Å²) in [6, 6.07) is 19.5. The summed E-state index contributed by atoms with van der Waals surface area (Å²) in [6.45, 7) is 3.11. The zero-order valence-corrected chi connectivity index (χ0v) is 20.3. The molecule has 6 nitrogen and oxygen atoms in total. The number of methoxy groups -OCH3 is 2. The topological polar surface area (TPSA) is 67.9 Å². The van der Waals surface area contributed by atoms with Gasteiger partial charge in [-0.25, -0.2) is 0 Å². The number of rotatable bonds is 6. The van der Waals surface area contributed by atoms with E-state index < -0.39 is 5.92 Å². The first-order valence-electron chi connectivity index (χ1n) is 12.1. The fourth-order valence-electron chi connectivity index (χ4n) is 5.32. The van der Waals surface area contributed by atoms with Crippen LogP contribution in [0.1, 0.15) is 57.1 Å². The second-order valence-electron chi connectivity index (χ2n) is 9.05. The summed E-state index contributed by atoms with van der Waals surface area (Å²) in [5.41, 5.74) is 5.67. The van der Waals surface area contributed by atoms with Crippen LogP contribution in [-0.4, -0.2) is 37.5 Å². The summed E-state index contributed by atoms with van der Waals surface area (Å²) in [6.07, 6.45) is 1.74. The van der Waals surface area contributed by atoms with Gasteiger partial charge in [0.15, 0.2) is 11.5 Å². The minimum absolute atomic E-state index is 0.0836. The first-order chi connectivity index (χ1) is 17.0. The Morgan fingerprint density at radius 3 is 2.37 bits per heavy atom. The molecule has 0 fully saturated rings. The van der Waals surface area contributed by atoms with Crippen LogP contribution < -0.4 is 14.8 Å². The Hall–Kier alpha value is -3.80. The fraction of sp³-hybridized carbons (Fsp3) is 0.310. The number of hydrogen-bond acceptors (Lipinski definition) is 4. The molecule has 2 amide bonds. The zero-order chi connectivity index (χ0) is 24.5. The summed E-state index contributed by atoms with van der Waals surface area (Å²) in [5.74, 6) is 0.214. The Balaban J connectivity index is 1.57. The zero-order valence-electron chi connectivity index (χ0n) is 20.3. The Bertz CT molecular complexity index is 1270. The monoisotopic (exact) mass is 470 g/mol. The number of benzene rings is 3. The molecule has 35 heavy (non-hydrogen) atoms. The highest BCUT2D eigenvalue weighted by molar-refractivity contribution is 6.02. The number of carbonyl (C=O) groups excluding carboxylic acids is 2. The Morgan fingerprint density at radius 2 is 1.66 bits per heavy atom. The van der Waals surface area contributed by atoms with Crippen LogP contribution in [0.5, 0.6) is 11.5 Å². The molecule has 0 saturated heterocycles. The lowest BCUT2D eigenvalue weighted by molar-refractivity contribution is -0.124. The van der Waals surface area contributed by atoms with Crippen LogP contribution in [0.4, 0.5) is 0 Å². The van der Waals surface area contributed by atoms with Crippen molar-refractivity contribution in [3.63, 3.8) is 0 Å². The van der Waals surface area contributed by atoms with Crippen LogP contribution in [0.15, 0.2) is 60.7 Å². The van der Waals surface area contributed by atoms with E-state index in [1.54, 1.807) is 26.4 Å². The van der Waals surface area contributed by atoms with Crippen molar-refractivity contribution in [1.29, 1.82) is 0 Å². The van der Waals surface area contributed by atoms with Crippen LogP contribution in [0.2, 0.25) is 0 Å². The average molecular weight is 471 g/mol. The molecule has 180 valence electrons. The molecule has 0 bridgehead atoms. The van der Waals surface area contributed by atoms with Crippen molar-refractivity contribution in [2.75, 3.05) is 20.8 Å². The van der Waals surface area contributed by atoms with Crippen LogP contribution in [0.25, 0.3) is 0 Å². The van der Waals surface area contributed by atoms with E-state index in [2.05, 4.69) is 30.4 Å². The summed E-state index contributed by atoms with van der Waals surface area (Å²) in [5, 5.41) is 3.14. The Morgan fingerprint density at radius 1 is 0.971 bits per heavy atom. The van der Waals surface area contributed by atoms with Gasteiger partial charge in [0.05, 0.1) is 26.2 Å². The van der Waals surface area contributed by atoms with E-state index in [0.29, 0.717) is 35.7 Å². The molecule has 2 aliphatic rings. The van der Waals surface area contributed by atoms with Crippen molar-refractivity contribution in [3.05, 3.63) is 94.0 Å².